The van der Waals surface area contributed by atoms with Gasteiger partial charge in [0.2, 0.25) is 0 Å². The van der Waals surface area contributed by atoms with Crippen LogP contribution in [0.4, 0.5) is 17.1 Å². The van der Waals surface area contributed by atoms with Crippen molar-refractivity contribution in [3.8, 4) is 11.1 Å². The summed E-state index contributed by atoms with van der Waals surface area (Å²) in [6.07, 6.45) is 0. The van der Waals surface area contributed by atoms with E-state index in [4.69, 9.17) is 4.42 Å². The molecule has 9 aromatic carbocycles. The smallest absolute Gasteiger partial charge is 0.159 e. The average molecular weight is 668 g/mol. The van der Waals surface area contributed by atoms with E-state index in [1.165, 1.54) is 58.2 Å². The highest BCUT2D eigenvalue weighted by atomic mass is 32.1. The number of hydrogen-bond donors (Lipinski definition) is 0. The molecule has 0 radical (unpaired) electrons. The minimum absolute atomic E-state index is 0.880. The molecule has 3 heteroatoms. The zero-order valence-electron chi connectivity index (χ0n) is 27.5. The highest BCUT2D eigenvalue weighted by Crippen LogP contribution is 2.48. The normalized spacial score (nSPS) is 11.9. The van der Waals surface area contributed by atoms with E-state index in [9.17, 15) is 0 Å². The van der Waals surface area contributed by atoms with Crippen molar-refractivity contribution in [3.63, 3.8) is 0 Å². The Morgan fingerprint density at radius 1 is 0.392 bits per heavy atom. The molecular formula is C48H29NOS. The van der Waals surface area contributed by atoms with E-state index >= 15 is 0 Å². The predicted molar refractivity (Wildman–Crippen MR) is 219 cm³/mol. The summed E-state index contributed by atoms with van der Waals surface area (Å²) >= 11 is 1.84. The van der Waals surface area contributed by atoms with Gasteiger partial charge in [0.05, 0.1) is 11.4 Å². The van der Waals surface area contributed by atoms with Crippen molar-refractivity contribution in [2.45, 2.75) is 0 Å². The summed E-state index contributed by atoms with van der Waals surface area (Å²) in [4.78, 5) is 2.40. The molecule has 0 aliphatic heterocycles. The third-order valence-electron chi connectivity index (χ3n) is 10.4. The first kappa shape index (κ1) is 28.4. The third kappa shape index (κ3) is 4.29. The maximum atomic E-state index is 6.94. The van der Waals surface area contributed by atoms with E-state index in [0.717, 1.165) is 44.4 Å². The lowest BCUT2D eigenvalue weighted by molar-refractivity contribution is 0.673. The van der Waals surface area contributed by atoms with E-state index in [1.54, 1.807) is 0 Å². The van der Waals surface area contributed by atoms with Crippen molar-refractivity contribution in [3.05, 3.63) is 176 Å². The molecule has 11 rings (SSSR count). The first-order valence-corrected chi connectivity index (χ1v) is 18.2. The van der Waals surface area contributed by atoms with Gasteiger partial charge in [-0.25, -0.2) is 0 Å². The summed E-state index contributed by atoms with van der Waals surface area (Å²) < 4.78 is 9.49. The van der Waals surface area contributed by atoms with Crippen LogP contribution < -0.4 is 4.90 Å². The molecule has 0 aliphatic carbocycles. The van der Waals surface area contributed by atoms with Crippen molar-refractivity contribution in [1.82, 2.24) is 0 Å². The van der Waals surface area contributed by atoms with Gasteiger partial charge in [0.15, 0.2) is 5.58 Å². The number of para-hydroxylation sites is 1. The van der Waals surface area contributed by atoms with Gasteiger partial charge in [-0.15, -0.1) is 11.3 Å². The minimum Gasteiger partial charge on any atom is -0.453 e. The Kier molecular flexibility index (Phi) is 6.16. The monoisotopic (exact) mass is 667 g/mol. The van der Waals surface area contributed by atoms with Crippen LogP contribution >= 0.6 is 11.3 Å². The van der Waals surface area contributed by atoms with Crippen LogP contribution in [-0.2, 0) is 0 Å². The molecular weight excluding hydrogens is 639 g/mol. The lowest BCUT2D eigenvalue weighted by atomic mass is 9.93. The third-order valence-corrected chi connectivity index (χ3v) is 11.6. The molecule has 11 aromatic rings. The number of hydrogen-bond acceptors (Lipinski definition) is 3. The van der Waals surface area contributed by atoms with Gasteiger partial charge in [-0.3, -0.25) is 0 Å². The van der Waals surface area contributed by atoms with E-state index in [0.29, 0.717) is 0 Å². The fourth-order valence-electron chi connectivity index (χ4n) is 8.12. The molecule has 0 bridgehead atoms. The fourth-order valence-corrected chi connectivity index (χ4v) is 9.25. The summed E-state index contributed by atoms with van der Waals surface area (Å²) in [5, 5.41) is 12.1. The van der Waals surface area contributed by atoms with Crippen LogP contribution in [0.15, 0.2) is 180 Å². The molecule has 0 spiro atoms. The number of benzene rings is 9. The van der Waals surface area contributed by atoms with Gasteiger partial charge in [-0.05, 0) is 86.6 Å². The number of nitrogens with zero attached hydrogens (tertiary/aromatic N) is 1. The lowest BCUT2D eigenvalue weighted by Gasteiger charge is -2.27. The SMILES string of the molecule is c1ccc2c(c1)cc(-c1ccc(N(c3cccc4c3oc3c5ccccc5ccc43)c3cccc4sc5ccccc5c34)cc1)c1ccccc12. The molecule has 2 nitrogen and oxygen atoms in total. The van der Waals surface area contributed by atoms with E-state index in [1.807, 2.05) is 11.3 Å². The van der Waals surface area contributed by atoms with Crippen molar-refractivity contribution in [2.24, 2.45) is 0 Å². The maximum Gasteiger partial charge on any atom is 0.159 e. The number of anilines is 3. The van der Waals surface area contributed by atoms with Gasteiger partial charge < -0.3 is 9.32 Å². The molecule has 0 atom stereocenters. The van der Waals surface area contributed by atoms with Gasteiger partial charge in [0.1, 0.15) is 5.58 Å². The van der Waals surface area contributed by atoms with Crippen LogP contribution in [0, 0.1) is 0 Å². The molecule has 238 valence electrons. The van der Waals surface area contributed by atoms with Gasteiger partial charge in [-0.2, -0.15) is 0 Å². The molecule has 2 aromatic heterocycles. The van der Waals surface area contributed by atoms with Gasteiger partial charge >= 0.3 is 0 Å². The van der Waals surface area contributed by atoms with Gasteiger partial charge in [-0.1, -0.05) is 127 Å². The Bertz CT molecular complexity index is 3150. The summed E-state index contributed by atoms with van der Waals surface area (Å²) in [5.41, 5.74) is 7.45. The van der Waals surface area contributed by atoms with Crippen LogP contribution in [0.5, 0.6) is 0 Å². The zero-order chi connectivity index (χ0) is 33.5. The van der Waals surface area contributed by atoms with E-state index in [2.05, 4.69) is 181 Å². The van der Waals surface area contributed by atoms with E-state index < -0.39 is 0 Å². The minimum atomic E-state index is 0.880. The number of thiophene rings is 1. The Morgan fingerprint density at radius 3 is 1.88 bits per heavy atom. The summed E-state index contributed by atoms with van der Waals surface area (Å²) in [7, 11) is 0. The van der Waals surface area contributed by atoms with Crippen LogP contribution in [0.2, 0.25) is 0 Å². The molecule has 0 N–H and O–H groups in total. The van der Waals surface area contributed by atoms with Crippen LogP contribution in [-0.4, -0.2) is 0 Å². The van der Waals surface area contributed by atoms with Crippen LogP contribution in [0.3, 0.4) is 0 Å². The quantitative estimate of drug-likeness (QED) is 0.174. The number of fused-ring (bicyclic) bond motifs is 11. The molecule has 2 heterocycles. The zero-order valence-corrected chi connectivity index (χ0v) is 28.3. The predicted octanol–water partition coefficient (Wildman–Crippen LogP) is 14.6. The highest BCUT2D eigenvalue weighted by Gasteiger charge is 2.23. The molecule has 0 aliphatic rings. The molecule has 0 saturated carbocycles. The maximum absolute atomic E-state index is 6.94. The summed E-state index contributed by atoms with van der Waals surface area (Å²) in [5.74, 6) is 0. The first-order valence-electron chi connectivity index (χ1n) is 17.3. The Labute approximate surface area is 298 Å². The lowest BCUT2D eigenvalue weighted by Crippen LogP contribution is -2.10. The second-order valence-corrected chi connectivity index (χ2v) is 14.3. The fraction of sp³-hybridized carbons (Fsp3) is 0. The second kappa shape index (κ2) is 11.0. The van der Waals surface area contributed by atoms with Gasteiger partial charge in [0, 0.05) is 42.0 Å². The molecule has 0 amide bonds. The number of furan rings is 1. The Balaban J connectivity index is 1.17. The standard InChI is InChI=1S/C48H29NOS/c1-4-14-35-30(11-1)25-28-39-38-18-9-20-43(48(38)50-47(35)39)49(42-19-10-22-45-46(42)40-17-7-8-21-44(40)51-45)33-26-23-31(24-27-33)41-29-32-12-2-3-13-34(32)36-15-5-6-16-37(36)41/h1-29H. The van der Waals surface area contributed by atoms with Crippen molar-refractivity contribution in [2.75, 3.05) is 4.90 Å². The molecule has 51 heavy (non-hydrogen) atoms. The van der Waals surface area contributed by atoms with Crippen molar-refractivity contribution < 1.29 is 4.42 Å². The molecule has 0 fully saturated rings. The Hall–Kier alpha value is -6.42. The topological polar surface area (TPSA) is 16.4 Å². The van der Waals surface area contributed by atoms with Gasteiger partial charge in [0.25, 0.3) is 0 Å². The second-order valence-electron chi connectivity index (χ2n) is 13.2. The average Bonchev–Trinajstić information content (AvgIpc) is 3.78. The van der Waals surface area contributed by atoms with Crippen molar-refractivity contribution in [1.29, 1.82) is 0 Å². The van der Waals surface area contributed by atoms with Crippen molar-refractivity contribution >= 4 is 103 Å². The van der Waals surface area contributed by atoms with Crippen LogP contribution in [0.1, 0.15) is 0 Å². The molecule has 0 unspecified atom stereocenters. The summed E-state index contributed by atoms with van der Waals surface area (Å²) in [6, 6.07) is 63.7. The summed E-state index contributed by atoms with van der Waals surface area (Å²) in [6.45, 7) is 0. The highest BCUT2D eigenvalue weighted by molar-refractivity contribution is 7.26. The van der Waals surface area contributed by atoms with Crippen LogP contribution in [0.25, 0.3) is 85.6 Å². The first-order chi connectivity index (χ1) is 25.3. The van der Waals surface area contributed by atoms with E-state index in [-0.39, 0.29) is 0 Å². The Morgan fingerprint density at radius 2 is 1.02 bits per heavy atom. The number of rotatable bonds is 4. The largest absolute Gasteiger partial charge is 0.453 e. The molecule has 0 saturated heterocycles.